The van der Waals surface area contributed by atoms with Crippen LogP contribution in [0.3, 0.4) is 0 Å². The predicted octanol–water partition coefficient (Wildman–Crippen LogP) is 2.28. The average Bonchev–Trinajstić information content (AvgIpc) is 2.85. The van der Waals surface area contributed by atoms with Crippen molar-refractivity contribution in [2.24, 2.45) is 0 Å². The molecule has 0 aliphatic carbocycles. The average molecular weight is 223 g/mol. The van der Waals surface area contributed by atoms with Crippen molar-refractivity contribution in [2.45, 2.75) is 38.3 Å². The minimum atomic E-state index is -0.739. The number of hydrogen-bond donors (Lipinski definition) is 1. The molecular weight excluding hydrogens is 206 g/mol. The predicted molar refractivity (Wildman–Crippen MR) is 59.1 cm³/mol. The van der Waals surface area contributed by atoms with Crippen molar-refractivity contribution in [3.63, 3.8) is 0 Å². The Labute approximate surface area is 94.9 Å². The normalized spacial score (nSPS) is 28.1. The van der Waals surface area contributed by atoms with Gasteiger partial charge < -0.3 is 9.52 Å². The molecule has 1 aromatic rings. The molecule has 0 bridgehead atoms. The van der Waals surface area contributed by atoms with Crippen LogP contribution in [0.25, 0.3) is 0 Å². The second-order valence-corrected chi connectivity index (χ2v) is 4.61. The van der Waals surface area contributed by atoms with Crippen LogP contribution in [0, 0.1) is 0 Å². The lowest BCUT2D eigenvalue weighted by atomic mass is 9.97. The molecule has 2 heterocycles. The lowest BCUT2D eigenvalue weighted by Crippen LogP contribution is -2.48. The zero-order chi connectivity index (χ0) is 11.8. The first-order valence-electron chi connectivity index (χ1n) is 5.58. The summed E-state index contributed by atoms with van der Waals surface area (Å²) in [7, 11) is 0. The van der Waals surface area contributed by atoms with Crippen LogP contribution >= 0.6 is 0 Å². The zero-order valence-corrected chi connectivity index (χ0v) is 9.64. The molecule has 16 heavy (non-hydrogen) atoms. The highest BCUT2D eigenvalue weighted by atomic mass is 16.4. The lowest BCUT2D eigenvalue weighted by molar-refractivity contribution is -0.149. The Morgan fingerprint density at radius 1 is 1.69 bits per heavy atom. The molecule has 1 fully saturated rings. The Kier molecular flexibility index (Phi) is 2.76. The van der Waals surface area contributed by atoms with E-state index < -0.39 is 11.5 Å². The fourth-order valence-electron chi connectivity index (χ4n) is 2.53. The van der Waals surface area contributed by atoms with Gasteiger partial charge in [0.25, 0.3) is 0 Å². The van der Waals surface area contributed by atoms with Gasteiger partial charge in [0.2, 0.25) is 0 Å². The third-order valence-corrected chi connectivity index (χ3v) is 3.65. The van der Waals surface area contributed by atoms with Crippen LogP contribution in [-0.2, 0) is 4.79 Å². The van der Waals surface area contributed by atoms with Crippen LogP contribution in [0.4, 0.5) is 0 Å². The van der Waals surface area contributed by atoms with E-state index in [1.807, 2.05) is 17.9 Å². The third-order valence-electron chi connectivity index (χ3n) is 3.65. The first kappa shape index (κ1) is 11.2. The van der Waals surface area contributed by atoms with Gasteiger partial charge in [-0.05, 0) is 39.3 Å². The topological polar surface area (TPSA) is 53.7 Å². The molecule has 1 saturated heterocycles. The van der Waals surface area contributed by atoms with E-state index in [4.69, 9.17) is 4.42 Å². The van der Waals surface area contributed by atoms with Gasteiger partial charge in [0.05, 0.1) is 12.5 Å². The van der Waals surface area contributed by atoms with Gasteiger partial charge in [-0.15, -0.1) is 0 Å². The maximum absolute atomic E-state index is 11.3. The van der Waals surface area contributed by atoms with Crippen molar-refractivity contribution >= 4 is 5.97 Å². The summed E-state index contributed by atoms with van der Waals surface area (Å²) in [4.78, 5) is 13.4. The summed E-state index contributed by atoms with van der Waals surface area (Å²) in [5.74, 6) is -0.736. The summed E-state index contributed by atoms with van der Waals surface area (Å²) in [5, 5.41) is 9.32. The number of nitrogens with zero attached hydrogens (tertiary/aromatic N) is 1. The van der Waals surface area contributed by atoms with Crippen LogP contribution in [0.2, 0.25) is 0 Å². The van der Waals surface area contributed by atoms with Gasteiger partial charge in [-0.3, -0.25) is 9.69 Å². The van der Waals surface area contributed by atoms with E-state index in [1.165, 1.54) is 0 Å². The van der Waals surface area contributed by atoms with Crippen LogP contribution in [0.15, 0.2) is 23.0 Å². The SMILES string of the molecule is CC(c1ccoc1)N1CCCC1(C)C(=O)O. The van der Waals surface area contributed by atoms with Crippen LogP contribution in [0.1, 0.15) is 38.3 Å². The smallest absolute Gasteiger partial charge is 0.323 e. The first-order chi connectivity index (χ1) is 7.55. The highest BCUT2D eigenvalue weighted by molar-refractivity contribution is 5.78. The minimum Gasteiger partial charge on any atom is -0.480 e. The molecule has 4 nitrogen and oxygen atoms in total. The largest absolute Gasteiger partial charge is 0.480 e. The molecule has 4 heteroatoms. The third kappa shape index (κ3) is 1.63. The molecule has 88 valence electrons. The van der Waals surface area contributed by atoms with E-state index >= 15 is 0 Å². The summed E-state index contributed by atoms with van der Waals surface area (Å²) in [6.07, 6.45) is 4.96. The number of carboxylic acid groups (broad SMARTS) is 1. The Bertz CT molecular complexity index is 374. The Hall–Kier alpha value is -1.29. The van der Waals surface area contributed by atoms with Crippen molar-refractivity contribution in [3.8, 4) is 0 Å². The van der Waals surface area contributed by atoms with E-state index in [1.54, 1.807) is 19.5 Å². The summed E-state index contributed by atoms with van der Waals surface area (Å²) in [5.41, 5.74) is 0.297. The highest BCUT2D eigenvalue weighted by Gasteiger charge is 2.45. The number of carbonyl (C=O) groups is 1. The first-order valence-corrected chi connectivity index (χ1v) is 5.58. The summed E-state index contributed by atoms with van der Waals surface area (Å²) in [6, 6.07) is 1.98. The number of furan rings is 1. The highest BCUT2D eigenvalue weighted by Crippen LogP contribution is 2.36. The molecule has 0 saturated carbocycles. The summed E-state index contributed by atoms with van der Waals surface area (Å²) in [6.45, 7) is 4.66. The fourth-order valence-corrected chi connectivity index (χ4v) is 2.53. The molecule has 0 spiro atoms. The van der Waals surface area contributed by atoms with E-state index in [9.17, 15) is 9.90 Å². The molecule has 2 rings (SSSR count). The standard InChI is InChI=1S/C12H17NO3/c1-9(10-4-7-16-8-10)13-6-3-5-12(13,2)11(14)15/h4,7-9H,3,5-6H2,1-2H3,(H,14,15). The van der Waals surface area contributed by atoms with Crippen molar-refractivity contribution in [1.29, 1.82) is 0 Å². The second kappa shape index (κ2) is 3.94. The van der Waals surface area contributed by atoms with Crippen molar-refractivity contribution in [1.82, 2.24) is 4.90 Å². The Balaban J connectivity index is 2.24. The van der Waals surface area contributed by atoms with Gasteiger partial charge >= 0.3 is 5.97 Å². The molecule has 0 aromatic carbocycles. The van der Waals surface area contributed by atoms with Crippen LogP contribution in [0.5, 0.6) is 0 Å². The number of carboxylic acids is 1. The van der Waals surface area contributed by atoms with Crippen molar-refractivity contribution in [3.05, 3.63) is 24.2 Å². The number of rotatable bonds is 3. The minimum absolute atomic E-state index is 0.0855. The van der Waals surface area contributed by atoms with Gasteiger partial charge in [-0.2, -0.15) is 0 Å². The maximum Gasteiger partial charge on any atom is 0.323 e. The number of aliphatic carboxylic acids is 1. The Morgan fingerprint density at radius 2 is 2.44 bits per heavy atom. The van der Waals surface area contributed by atoms with Gasteiger partial charge in [-0.1, -0.05) is 0 Å². The number of hydrogen-bond acceptors (Lipinski definition) is 3. The molecular formula is C12H17NO3. The molecule has 0 amide bonds. The number of likely N-dealkylation sites (tertiary alicyclic amines) is 1. The molecule has 2 atom stereocenters. The van der Waals surface area contributed by atoms with Crippen molar-refractivity contribution in [2.75, 3.05) is 6.54 Å². The van der Waals surface area contributed by atoms with Gasteiger partial charge in [-0.25, -0.2) is 0 Å². The molecule has 1 aliphatic heterocycles. The monoisotopic (exact) mass is 223 g/mol. The summed E-state index contributed by atoms with van der Waals surface area (Å²) < 4.78 is 5.05. The Morgan fingerprint density at radius 3 is 3.00 bits per heavy atom. The lowest BCUT2D eigenvalue weighted by Gasteiger charge is -2.35. The van der Waals surface area contributed by atoms with Gasteiger partial charge in [0.15, 0.2) is 0 Å². The summed E-state index contributed by atoms with van der Waals surface area (Å²) >= 11 is 0. The van der Waals surface area contributed by atoms with E-state index in [2.05, 4.69) is 0 Å². The quantitative estimate of drug-likeness (QED) is 0.854. The van der Waals surface area contributed by atoms with Crippen LogP contribution in [-0.4, -0.2) is 28.1 Å². The fraction of sp³-hybridized carbons (Fsp3) is 0.583. The van der Waals surface area contributed by atoms with E-state index in [0.29, 0.717) is 6.42 Å². The maximum atomic E-state index is 11.3. The van der Waals surface area contributed by atoms with Crippen molar-refractivity contribution < 1.29 is 14.3 Å². The second-order valence-electron chi connectivity index (χ2n) is 4.61. The zero-order valence-electron chi connectivity index (χ0n) is 9.64. The molecule has 2 unspecified atom stereocenters. The molecule has 1 aliphatic rings. The molecule has 1 aromatic heterocycles. The van der Waals surface area contributed by atoms with E-state index in [0.717, 1.165) is 18.5 Å². The van der Waals surface area contributed by atoms with Gasteiger partial charge in [0, 0.05) is 11.6 Å². The molecule has 1 N–H and O–H groups in total. The van der Waals surface area contributed by atoms with Gasteiger partial charge in [0.1, 0.15) is 5.54 Å². The van der Waals surface area contributed by atoms with E-state index in [-0.39, 0.29) is 6.04 Å². The molecule has 0 radical (unpaired) electrons. The van der Waals surface area contributed by atoms with Crippen LogP contribution < -0.4 is 0 Å².